The van der Waals surface area contributed by atoms with E-state index in [9.17, 15) is 23.6 Å². The number of thioether (sulfide) groups is 1. The van der Waals surface area contributed by atoms with Crippen LogP contribution in [0.1, 0.15) is 33.3 Å². The second kappa shape index (κ2) is 9.21. The lowest BCUT2D eigenvalue weighted by Crippen LogP contribution is -2.49. The fourth-order valence-corrected chi connectivity index (χ4v) is 3.20. The zero-order valence-electron chi connectivity index (χ0n) is 16.7. The summed E-state index contributed by atoms with van der Waals surface area (Å²) in [5, 5.41) is 4.72. The largest absolute Gasteiger partial charge is 0.353 e. The molecule has 0 aromatic heterocycles. The van der Waals surface area contributed by atoms with E-state index in [1.54, 1.807) is 33.8 Å². The van der Waals surface area contributed by atoms with E-state index in [0.29, 0.717) is 0 Å². The number of halogens is 1. The Morgan fingerprint density at radius 1 is 1.24 bits per heavy atom. The van der Waals surface area contributed by atoms with Gasteiger partial charge in [0, 0.05) is 24.1 Å². The zero-order chi connectivity index (χ0) is 21.8. The fourth-order valence-electron chi connectivity index (χ4n) is 2.35. The standard InChI is InChI=1S/C20H24FN3O4S/c1-12(23-18(27)20(2,3)4)16(25)22-9-10-24-17(26)15(29-19(24)28)11-13-7-5-6-8-14(13)21/h5-8,11-12H,9-10H2,1-4H3,(H,22,25)(H,23,27)/b15-11-. The van der Waals surface area contributed by atoms with Gasteiger partial charge in [-0.15, -0.1) is 0 Å². The van der Waals surface area contributed by atoms with Gasteiger partial charge in [-0.2, -0.15) is 0 Å². The van der Waals surface area contributed by atoms with Crippen molar-refractivity contribution in [3.05, 3.63) is 40.6 Å². The van der Waals surface area contributed by atoms with Crippen LogP contribution in [0.5, 0.6) is 0 Å². The van der Waals surface area contributed by atoms with Crippen molar-refractivity contribution in [3.63, 3.8) is 0 Å². The highest BCUT2D eigenvalue weighted by Crippen LogP contribution is 2.32. The van der Waals surface area contributed by atoms with Gasteiger partial charge in [-0.3, -0.25) is 24.1 Å². The molecule has 1 aliphatic rings. The summed E-state index contributed by atoms with van der Waals surface area (Å²) in [7, 11) is 0. The summed E-state index contributed by atoms with van der Waals surface area (Å²) in [5.41, 5.74) is -0.407. The summed E-state index contributed by atoms with van der Waals surface area (Å²) in [6.45, 7) is 6.78. The highest BCUT2D eigenvalue weighted by molar-refractivity contribution is 8.18. The van der Waals surface area contributed by atoms with Crippen molar-refractivity contribution in [3.8, 4) is 0 Å². The maximum Gasteiger partial charge on any atom is 0.293 e. The third kappa shape index (κ3) is 5.90. The molecule has 1 saturated heterocycles. The van der Waals surface area contributed by atoms with E-state index in [1.807, 2.05) is 0 Å². The fraction of sp³-hybridized carbons (Fsp3) is 0.400. The quantitative estimate of drug-likeness (QED) is 0.689. The molecule has 9 heteroatoms. The van der Waals surface area contributed by atoms with Gasteiger partial charge < -0.3 is 10.6 Å². The SMILES string of the molecule is CC(NC(=O)C(C)(C)C)C(=O)NCCN1C(=O)S/C(=C\c2ccccc2F)C1=O. The minimum Gasteiger partial charge on any atom is -0.353 e. The predicted octanol–water partition coefficient (Wildman–Crippen LogP) is 2.53. The van der Waals surface area contributed by atoms with Gasteiger partial charge in [0.2, 0.25) is 11.8 Å². The Kier molecular flexibility index (Phi) is 7.18. The van der Waals surface area contributed by atoms with E-state index in [2.05, 4.69) is 10.6 Å². The third-order valence-corrected chi connectivity index (χ3v) is 5.03. The molecule has 2 N–H and O–H groups in total. The van der Waals surface area contributed by atoms with Crippen LogP contribution < -0.4 is 10.6 Å². The molecule has 156 valence electrons. The number of nitrogens with zero attached hydrogens (tertiary/aromatic N) is 1. The smallest absolute Gasteiger partial charge is 0.293 e. The lowest BCUT2D eigenvalue weighted by atomic mass is 9.95. The van der Waals surface area contributed by atoms with Gasteiger partial charge in [0.05, 0.1) is 4.91 Å². The van der Waals surface area contributed by atoms with Gasteiger partial charge in [-0.05, 0) is 30.8 Å². The number of amides is 4. The van der Waals surface area contributed by atoms with Gasteiger partial charge in [0.1, 0.15) is 11.9 Å². The number of imide groups is 1. The second-order valence-corrected chi connectivity index (χ2v) is 8.58. The topological polar surface area (TPSA) is 95.6 Å². The van der Waals surface area contributed by atoms with Crippen LogP contribution in [0.15, 0.2) is 29.2 Å². The normalized spacial score (nSPS) is 16.9. The molecule has 0 saturated carbocycles. The highest BCUT2D eigenvalue weighted by Gasteiger charge is 2.35. The minimum absolute atomic E-state index is 0.0229. The molecule has 1 heterocycles. The lowest BCUT2D eigenvalue weighted by Gasteiger charge is -2.21. The van der Waals surface area contributed by atoms with E-state index in [0.717, 1.165) is 16.7 Å². The summed E-state index contributed by atoms with van der Waals surface area (Å²) in [6.07, 6.45) is 1.34. The van der Waals surface area contributed by atoms with Gasteiger partial charge in [0.15, 0.2) is 0 Å². The maximum absolute atomic E-state index is 13.8. The highest BCUT2D eigenvalue weighted by atomic mass is 32.2. The van der Waals surface area contributed by atoms with Crippen LogP contribution >= 0.6 is 11.8 Å². The van der Waals surface area contributed by atoms with E-state index in [1.165, 1.54) is 24.3 Å². The van der Waals surface area contributed by atoms with Crippen molar-refractivity contribution in [2.45, 2.75) is 33.7 Å². The number of hydrogen-bond acceptors (Lipinski definition) is 5. The van der Waals surface area contributed by atoms with Crippen LogP contribution in [-0.4, -0.2) is 47.0 Å². The Morgan fingerprint density at radius 2 is 1.90 bits per heavy atom. The first kappa shape index (κ1) is 22.6. The average Bonchev–Trinajstić information content (AvgIpc) is 2.90. The molecule has 0 aliphatic carbocycles. The second-order valence-electron chi connectivity index (χ2n) is 7.59. The van der Waals surface area contributed by atoms with E-state index >= 15 is 0 Å². The first-order valence-corrected chi connectivity index (χ1v) is 9.91. The molecule has 1 aromatic rings. The maximum atomic E-state index is 13.8. The number of carbonyl (C=O) groups is 4. The van der Waals surface area contributed by atoms with Crippen LogP contribution in [0.3, 0.4) is 0 Å². The molecule has 7 nitrogen and oxygen atoms in total. The van der Waals surface area contributed by atoms with E-state index in [4.69, 9.17) is 0 Å². The summed E-state index contributed by atoms with van der Waals surface area (Å²) >= 11 is 0.724. The van der Waals surface area contributed by atoms with Gasteiger partial charge >= 0.3 is 0 Å². The van der Waals surface area contributed by atoms with Gasteiger partial charge in [-0.1, -0.05) is 39.0 Å². The molecule has 0 bridgehead atoms. The molecule has 0 radical (unpaired) electrons. The third-order valence-electron chi connectivity index (χ3n) is 4.12. The van der Waals surface area contributed by atoms with Gasteiger partial charge in [-0.25, -0.2) is 4.39 Å². The Labute approximate surface area is 173 Å². The average molecular weight is 421 g/mol. The first-order chi connectivity index (χ1) is 13.5. The lowest BCUT2D eigenvalue weighted by molar-refractivity contribution is -0.133. The van der Waals surface area contributed by atoms with Crippen LogP contribution in [-0.2, 0) is 14.4 Å². The number of hydrogen-bond donors (Lipinski definition) is 2. The monoisotopic (exact) mass is 421 g/mol. The van der Waals surface area contributed by atoms with E-state index < -0.39 is 34.3 Å². The van der Waals surface area contributed by atoms with Crippen molar-refractivity contribution >= 4 is 40.8 Å². The Balaban J connectivity index is 1.90. The van der Waals surface area contributed by atoms with Crippen LogP contribution in [0.2, 0.25) is 0 Å². The number of carbonyl (C=O) groups excluding carboxylic acids is 4. The molecule has 1 aromatic carbocycles. The molecule has 1 fully saturated rings. The number of nitrogens with one attached hydrogen (secondary N) is 2. The minimum atomic E-state index is -0.752. The molecular weight excluding hydrogens is 397 g/mol. The Hall–Kier alpha value is -2.68. The van der Waals surface area contributed by atoms with Crippen LogP contribution in [0, 0.1) is 11.2 Å². The van der Waals surface area contributed by atoms with Crippen LogP contribution in [0.4, 0.5) is 9.18 Å². The molecule has 29 heavy (non-hydrogen) atoms. The number of benzene rings is 1. The summed E-state index contributed by atoms with van der Waals surface area (Å²) in [5.74, 6) is -1.70. The molecule has 1 unspecified atom stereocenters. The molecule has 4 amide bonds. The number of rotatable bonds is 6. The van der Waals surface area contributed by atoms with Crippen LogP contribution in [0.25, 0.3) is 6.08 Å². The molecule has 1 atom stereocenters. The molecular formula is C20H24FN3O4S. The summed E-state index contributed by atoms with van der Waals surface area (Å²) < 4.78 is 13.8. The molecule has 2 rings (SSSR count). The summed E-state index contributed by atoms with van der Waals surface area (Å²) in [4.78, 5) is 49.7. The van der Waals surface area contributed by atoms with Crippen molar-refractivity contribution in [2.75, 3.05) is 13.1 Å². The Morgan fingerprint density at radius 3 is 2.52 bits per heavy atom. The van der Waals surface area contributed by atoms with Crippen molar-refractivity contribution in [2.24, 2.45) is 5.41 Å². The first-order valence-electron chi connectivity index (χ1n) is 9.09. The van der Waals surface area contributed by atoms with Crippen molar-refractivity contribution < 1.29 is 23.6 Å². The predicted molar refractivity (Wildman–Crippen MR) is 109 cm³/mol. The van der Waals surface area contributed by atoms with Crippen molar-refractivity contribution in [1.29, 1.82) is 0 Å². The van der Waals surface area contributed by atoms with E-state index in [-0.39, 0.29) is 29.5 Å². The Bertz CT molecular complexity index is 864. The zero-order valence-corrected chi connectivity index (χ0v) is 17.6. The van der Waals surface area contributed by atoms with Crippen molar-refractivity contribution in [1.82, 2.24) is 15.5 Å². The molecule has 0 spiro atoms. The van der Waals surface area contributed by atoms with Gasteiger partial charge in [0.25, 0.3) is 11.1 Å². The summed E-state index contributed by atoms with van der Waals surface area (Å²) in [6, 6.07) is 5.19. The molecule has 1 aliphatic heterocycles.